The van der Waals surface area contributed by atoms with Gasteiger partial charge in [0, 0.05) is 26.7 Å². The fourth-order valence-electron chi connectivity index (χ4n) is 3.82. The molecule has 9 heteroatoms. The van der Waals surface area contributed by atoms with Crippen LogP contribution in [0.3, 0.4) is 0 Å². The van der Waals surface area contributed by atoms with Crippen LogP contribution in [0.1, 0.15) is 35.6 Å². The minimum Gasteiger partial charge on any atom is -0.455 e. The van der Waals surface area contributed by atoms with Gasteiger partial charge in [-0.3, -0.25) is 14.7 Å². The Morgan fingerprint density at radius 3 is 3.08 bits per heavy atom. The lowest BCUT2D eigenvalue weighted by molar-refractivity contribution is -0.143. The van der Waals surface area contributed by atoms with Gasteiger partial charge in [0.1, 0.15) is 12.1 Å². The fourth-order valence-corrected chi connectivity index (χ4v) is 4.49. The van der Waals surface area contributed by atoms with Crippen molar-refractivity contribution in [2.75, 3.05) is 26.7 Å². The van der Waals surface area contributed by atoms with Crippen LogP contribution in [-0.4, -0.2) is 63.5 Å². The largest absolute Gasteiger partial charge is 0.455 e. The smallest absolute Gasteiger partial charge is 0.289 e. The van der Waals surface area contributed by atoms with Gasteiger partial charge in [-0.2, -0.15) is 5.10 Å². The van der Waals surface area contributed by atoms with E-state index in [1.54, 1.807) is 15.9 Å². The van der Waals surface area contributed by atoms with E-state index >= 15 is 0 Å². The summed E-state index contributed by atoms with van der Waals surface area (Å²) in [7, 11) is 1.85. The van der Waals surface area contributed by atoms with Crippen molar-refractivity contribution in [1.82, 2.24) is 25.0 Å². The van der Waals surface area contributed by atoms with Crippen molar-refractivity contribution < 1.29 is 14.0 Å². The summed E-state index contributed by atoms with van der Waals surface area (Å²) in [6, 6.07) is 3.51. The lowest BCUT2D eigenvalue weighted by Crippen LogP contribution is -2.48. The number of furan rings is 1. The minimum atomic E-state index is -0.403. The van der Waals surface area contributed by atoms with Crippen LogP contribution >= 0.6 is 11.8 Å². The summed E-state index contributed by atoms with van der Waals surface area (Å²) in [5.41, 5.74) is -0.403. The first-order valence-electron chi connectivity index (χ1n) is 8.69. The van der Waals surface area contributed by atoms with Crippen LogP contribution in [0.25, 0.3) is 0 Å². The molecule has 0 aromatic carbocycles. The molecule has 0 saturated carbocycles. The van der Waals surface area contributed by atoms with Crippen molar-refractivity contribution in [3.8, 4) is 0 Å². The second-order valence-corrected chi connectivity index (χ2v) is 7.90. The molecule has 138 valence electrons. The topological polar surface area (TPSA) is 95.3 Å². The molecule has 26 heavy (non-hydrogen) atoms. The number of thioether (sulfide) groups is 1. The first-order chi connectivity index (χ1) is 12.6. The number of likely N-dealkylation sites (tertiary alicyclic amines) is 2. The number of nitrogens with zero attached hydrogens (tertiary/aromatic N) is 4. The first kappa shape index (κ1) is 17.1. The Morgan fingerprint density at radius 1 is 1.38 bits per heavy atom. The fraction of sp³-hybridized carbons (Fsp3) is 0.529. The zero-order valence-corrected chi connectivity index (χ0v) is 15.4. The van der Waals surface area contributed by atoms with Crippen LogP contribution in [-0.2, 0) is 10.5 Å². The van der Waals surface area contributed by atoms with Crippen molar-refractivity contribution in [3.05, 3.63) is 30.0 Å². The van der Waals surface area contributed by atoms with Crippen LogP contribution in [0, 0.1) is 5.41 Å². The Morgan fingerprint density at radius 2 is 2.27 bits per heavy atom. The van der Waals surface area contributed by atoms with Crippen LogP contribution in [0.2, 0.25) is 0 Å². The number of rotatable bonds is 4. The zero-order chi connectivity index (χ0) is 18.1. The van der Waals surface area contributed by atoms with Gasteiger partial charge in [-0.05, 0) is 31.4 Å². The summed E-state index contributed by atoms with van der Waals surface area (Å²) in [5.74, 6) is 1.63. The molecule has 2 aliphatic rings. The third-order valence-electron chi connectivity index (χ3n) is 5.21. The predicted octanol–water partition coefficient (Wildman–Crippen LogP) is 1.77. The maximum atomic E-state index is 12.8. The number of piperidine rings is 1. The SMILES string of the molecule is CN1CCC[C@@]2(CCN(C(=O)c3ccc(CSc4ncn[nH]4)o3)C2)C1=O. The molecule has 1 N–H and O–H groups in total. The summed E-state index contributed by atoms with van der Waals surface area (Å²) in [6.45, 7) is 1.89. The third kappa shape index (κ3) is 3.11. The number of aromatic amines is 1. The van der Waals surface area contributed by atoms with Crippen molar-refractivity contribution >= 4 is 23.6 Å². The number of hydrogen-bond acceptors (Lipinski definition) is 6. The number of amides is 2. The quantitative estimate of drug-likeness (QED) is 0.819. The van der Waals surface area contributed by atoms with Gasteiger partial charge in [0.2, 0.25) is 5.91 Å². The highest BCUT2D eigenvalue weighted by molar-refractivity contribution is 7.98. The van der Waals surface area contributed by atoms with Crippen LogP contribution in [0.4, 0.5) is 0 Å². The molecular weight excluding hydrogens is 354 g/mol. The minimum absolute atomic E-state index is 0.140. The van der Waals surface area contributed by atoms with Gasteiger partial charge in [0.05, 0.1) is 11.2 Å². The summed E-state index contributed by atoms with van der Waals surface area (Å²) in [5, 5.41) is 7.27. The molecule has 2 aromatic rings. The molecule has 1 spiro atoms. The molecular formula is C17H21N5O3S. The monoisotopic (exact) mass is 375 g/mol. The zero-order valence-electron chi connectivity index (χ0n) is 14.6. The molecule has 0 radical (unpaired) electrons. The second kappa shape index (κ2) is 6.79. The summed E-state index contributed by atoms with van der Waals surface area (Å²) in [4.78, 5) is 33.0. The number of aromatic nitrogens is 3. The molecule has 2 aliphatic heterocycles. The highest BCUT2D eigenvalue weighted by Gasteiger charge is 2.48. The number of carbonyl (C=O) groups is 2. The van der Waals surface area contributed by atoms with Crippen LogP contribution < -0.4 is 0 Å². The van der Waals surface area contributed by atoms with Crippen molar-refractivity contribution in [3.63, 3.8) is 0 Å². The van der Waals surface area contributed by atoms with E-state index in [4.69, 9.17) is 4.42 Å². The summed E-state index contributed by atoms with van der Waals surface area (Å²) >= 11 is 1.46. The van der Waals surface area contributed by atoms with E-state index in [9.17, 15) is 9.59 Å². The van der Waals surface area contributed by atoms with Gasteiger partial charge in [0.15, 0.2) is 10.9 Å². The van der Waals surface area contributed by atoms with Gasteiger partial charge >= 0.3 is 0 Å². The van der Waals surface area contributed by atoms with E-state index in [2.05, 4.69) is 15.2 Å². The Kier molecular flexibility index (Phi) is 4.47. The number of carbonyl (C=O) groups excluding carboxylic acids is 2. The predicted molar refractivity (Wildman–Crippen MR) is 94.5 cm³/mol. The number of H-pyrrole nitrogens is 1. The molecule has 2 aromatic heterocycles. The summed E-state index contributed by atoms with van der Waals surface area (Å²) in [6.07, 6.45) is 4.04. The molecule has 0 unspecified atom stereocenters. The maximum absolute atomic E-state index is 12.8. The average Bonchev–Trinajstić information content (AvgIpc) is 3.38. The van der Waals surface area contributed by atoms with E-state index in [1.165, 1.54) is 18.1 Å². The Balaban J connectivity index is 1.40. The molecule has 2 amide bonds. The van der Waals surface area contributed by atoms with E-state index < -0.39 is 5.41 Å². The van der Waals surface area contributed by atoms with Crippen LogP contribution in [0.5, 0.6) is 0 Å². The van der Waals surface area contributed by atoms with Crippen molar-refractivity contribution in [1.29, 1.82) is 0 Å². The first-order valence-corrected chi connectivity index (χ1v) is 9.68. The van der Waals surface area contributed by atoms with Gasteiger partial charge in [-0.1, -0.05) is 11.8 Å². The molecule has 1 atom stereocenters. The molecule has 0 bridgehead atoms. The van der Waals surface area contributed by atoms with Crippen molar-refractivity contribution in [2.45, 2.75) is 30.2 Å². The Hall–Kier alpha value is -2.29. The van der Waals surface area contributed by atoms with Gasteiger partial charge < -0.3 is 14.2 Å². The summed E-state index contributed by atoms with van der Waals surface area (Å²) < 4.78 is 5.71. The number of nitrogens with one attached hydrogen (secondary N) is 1. The molecule has 8 nitrogen and oxygen atoms in total. The molecule has 0 aliphatic carbocycles. The van der Waals surface area contributed by atoms with Gasteiger partial charge in [-0.25, -0.2) is 4.98 Å². The molecule has 2 fully saturated rings. The van der Waals surface area contributed by atoms with Crippen LogP contribution in [0.15, 0.2) is 28.0 Å². The normalized spacial score (nSPS) is 23.2. The highest BCUT2D eigenvalue weighted by Crippen LogP contribution is 2.40. The number of hydrogen-bond donors (Lipinski definition) is 1. The average molecular weight is 375 g/mol. The third-order valence-corrected chi connectivity index (χ3v) is 6.11. The lowest BCUT2D eigenvalue weighted by atomic mass is 9.78. The molecule has 4 heterocycles. The van der Waals surface area contributed by atoms with Crippen molar-refractivity contribution in [2.24, 2.45) is 5.41 Å². The maximum Gasteiger partial charge on any atom is 0.289 e. The highest BCUT2D eigenvalue weighted by atomic mass is 32.2. The molecule has 4 rings (SSSR count). The van der Waals surface area contributed by atoms with E-state index in [1.807, 2.05) is 13.1 Å². The molecule has 2 saturated heterocycles. The van der Waals surface area contributed by atoms with E-state index in [-0.39, 0.29) is 11.8 Å². The van der Waals surface area contributed by atoms with E-state index in [0.717, 1.165) is 25.8 Å². The Bertz CT molecular complexity index is 805. The van der Waals surface area contributed by atoms with E-state index in [0.29, 0.717) is 35.5 Å². The standard InChI is InChI=1S/C17H21N5O3S/c1-21-7-2-5-17(15(21)24)6-8-22(10-17)14(23)13-4-3-12(25-13)9-26-16-18-11-19-20-16/h3-4,11H,2,5-10H2,1H3,(H,18,19,20)/t17-/m0/s1. The van der Waals surface area contributed by atoms with Gasteiger partial charge in [-0.15, -0.1) is 0 Å². The lowest BCUT2D eigenvalue weighted by Gasteiger charge is -2.37. The Labute approximate surface area is 155 Å². The second-order valence-electron chi connectivity index (χ2n) is 6.93. The van der Waals surface area contributed by atoms with Gasteiger partial charge in [0.25, 0.3) is 5.91 Å².